The van der Waals surface area contributed by atoms with E-state index in [0.717, 1.165) is 6.61 Å². The molecule has 1 aliphatic heterocycles. The second-order valence-corrected chi connectivity index (χ2v) is 5.01. The molecule has 0 radical (unpaired) electrons. The Morgan fingerprint density at radius 3 is 1.83 bits per heavy atom. The molecule has 0 aromatic heterocycles. The Labute approximate surface area is 114 Å². The number of ether oxygens (including phenoxy) is 1. The van der Waals surface area contributed by atoms with Crippen molar-refractivity contribution < 1.29 is 4.74 Å². The van der Waals surface area contributed by atoms with E-state index in [0.29, 0.717) is 5.41 Å². The maximum Gasteiger partial charge on any atom is 0.0530 e. The lowest BCUT2D eigenvalue weighted by molar-refractivity contribution is 0.0836. The van der Waals surface area contributed by atoms with Crippen LogP contribution in [0, 0.1) is 5.41 Å². The third-order valence-corrected chi connectivity index (χ3v) is 3.56. The zero-order chi connectivity index (χ0) is 14.0. The molecule has 1 saturated heterocycles. The Morgan fingerprint density at radius 2 is 1.44 bits per heavy atom. The summed E-state index contributed by atoms with van der Waals surface area (Å²) in [6.45, 7) is 15.1. The molecule has 0 bridgehead atoms. The molecule has 1 aliphatic carbocycles. The van der Waals surface area contributed by atoms with Crippen LogP contribution >= 0.6 is 0 Å². The summed E-state index contributed by atoms with van der Waals surface area (Å²) < 4.78 is 5.29. The van der Waals surface area contributed by atoms with Gasteiger partial charge in [-0.3, -0.25) is 0 Å². The lowest BCUT2D eigenvalue weighted by Gasteiger charge is -2.34. The van der Waals surface area contributed by atoms with Crippen LogP contribution in [0.3, 0.4) is 0 Å². The summed E-state index contributed by atoms with van der Waals surface area (Å²) in [5, 5.41) is 0. The summed E-state index contributed by atoms with van der Waals surface area (Å²) in [6.07, 6.45) is 2.74. The standard InChI is InChI=1S/C11H22N2O.2C2H6/c1-12-5-7-13(8-6-12)9-11(3-4-11)10-14-2;2*1-2/h3-10H2,1-2H3;2*1-2H3. The summed E-state index contributed by atoms with van der Waals surface area (Å²) in [5.41, 5.74) is 0.532. The molecule has 2 rings (SSSR count). The van der Waals surface area contributed by atoms with Crippen molar-refractivity contribution >= 4 is 0 Å². The van der Waals surface area contributed by atoms with Crippen LogP contribution in [0.15, 0.2) is 0 Å². The highest BCUT2D eigenvalue weighted by atomic mass is 16.5. The highest BCUT2D eigenvalue weighted by Crippen LogP contribution is 2.46. The molecule has 1 saturated carbocycles. The fraction of sp³-hybridized carbons (Fsp3) is 1.00. The maximum atomic E-state index is 5.29. The second kappa shape index (κ2) is 9.76. The monoisotopic (exact) mass is 258 g/mol. The molecule has 0 atom stereocenters. The lowest BCUT2D eigenvalue weighted by Crippen LogP contribution is -2.46. The second-order valence-electron chi connectivity index (χ2n) is 5.01. The van der Waals surface area contributed by atoms with Gasteiger partial charge in [0.05, 0.1) is 6.61 Å². The predicted octanol–water partition coefficient (Wildman–Crippen LogP) is 2.71. The first-order valence-electron chi connectivity index (χ1n) is 7.64. The van der Waals surface area contributed by atoms with Gasteiger partial charge in [0.25, 0.3) is 0 Å². The van der Waals surface area contributed by atoms with Crippen LogP contribution in [0.1, 0.15) is 40.5 Å². The molecule has 1 heterocycles. The zero-order valence-corrected chi connectivity index (χ0v) is 13.5. The fourth-order valence-electron chi connectivity index (χ4n) is 2.31. The van der Waals surface area contributed by atoms with E-state index in [1.807, 2.05) is 34.8 Å². The van der Waals surface area contributed by atoms with E-state index in [4.69, 9.17) is 4.74 Å². The van der Waals surface area contributed by atoms with E-state index in [-0.39, 0.29) is 0 Å². The van der Waals surface area contributed by atoms with Crippen LogP contribution in [0.5, 0.6) is 0 Å². The third-order valence-electron chi connectivity index (χ3n) is 3.56. The van der Waals surface area contributed by atoms with Gasteiger partial charge in [-0.2, -0.15) is 0 Å². The van der Waals surface area contributed by atoms with Crippen molar-refractivity contribution in [2.45, 2.75) is 40.5 Å². The Hall–Kier alpha value is -0.120. The summed E-state index contributed by atoms with van der Waals surface area (Å²) in [5.74, 6) is 0. The van der Waals surface area contributed by atoms with E-state index in [9.17, 15) is 0 Å². The van der Waals surface area contributed by atoms with Gasteiger partial charge < -0.3 is 14.5 Å². The lowest BCUT2D eigenvalue weighted by atomic mass is 10.1. The molecule has 18 heavy (non-hydrogen) atoms. The molecule has 0 unspecified atom stereocenters. The minimum absolute atomic E-state index is 0.532. The molecule has 0 spiro atoms. The van der Waals surface area contributed by atoms with Gasteiger partial charge in [-0.1, -0.05) is 27.7 Å². The van der Waals surface area contributed by atoms with Crippen molar-refractivity contribution in [2.24, 2.45) is 5.41 Å². The molecular weight excluding hydrogens is 224 g/mol. The zero-order valence-electron chi connectivity index (χ0n) is 13.5. The largest absolute Gasteiger partial charge is 0.384 e. The number of methoxy groups -OCH3 is 1. The molecule has 0 amide bonds. The molecule has 3 heteroatoms. The average Bonchev–Trinajstić information content (AvgIpc) is 3.17. The van der Waals surface area contributed by atoms with E-state index >= 15 is 0 Å². The third kappa shape index (κ3) is 6.17. The van der Waals surface area contributed by atoms with E-state index < -0.39 is 0 Å². The van der Waals surface area contributed by atoms with Gasteiger partial charge >= 0.3 is 0 Å². The Bertz CT molecular complexity index is 185. The van der Waals surface area contributed by atoms with Crippen molar-refractivity contribution in [1.29, 1.82) is 0 Å². The average molecular weight is 258 g/mol. The fourth-order valence-corrected chi connectivity index (χ4v) is 2.31. The molecule has 110 valence electrons. The van der Waals surface area contributed by atoms with Gasteiger partial charge in [-0.25, -0.2) is 0 Å². The number of piperazine rings is 1. The molecular formula is C15H34N2O. The van der Waals surface area contributed by atoms with Crippen molar-refractivity contribution in [2.75, 3.05) is 53.5 Å². The highest BCUT2D eigenvalue weighted by Gasteiger charge is 2.43. The first-order valence-corrected chi connectivity index (χ1v) is 7.64. The maximum absolute atomic E-state index is 5.29. The van der Waals surface area contributed by atoms with Crippen molar-refractivity contribution in [3.63, 3.8) is 0 Å². The number of likely N-dealkylation sites (N-methyl/N-ethyl adjacent to an activating group) is 1. The van der Waals surface area contributed by atoms with E-state index in [2.05, 4.69) is 16.8 Å². The summed E-state index contributed by atoms with van der Waals surface area (Å²) in [6, 6.07) is 0. The van der Waals surface area contributed by atoms with Crippen molar-refractivity contribution in [1.82, 2.24) is 9.80 Å². The van der Waals surface area contributed by atoms with Crippen LogP contribution in [0.25, 0.3) is 0 Å². The minimum atomic E-state index is 0.532. The number of hydrogen-bond acceptors (Lipinski definition) is 3. The highest BCUT2D eigenvalue weighted by molar-refractivity contribution is 4.96. The number of rotatable bonds is 4. The molecule has 2 aliphatic rings. The molecule has 2 fully saturated rings. The first kappa shape index (κ1) is 17.9. The molecule has 0 aromatic rings. The quantitative estimate of drug-likeness (QED) is 0.771. The number of nitrogens with zero attached hydrogens (tertiary/aromatic N) is 2. The molecule has 0 N–H and O–H groups in total. The van der Waals surface area contributed by atoms with Gasteiger partial charge in [-0.15, -0.1) is 0 Å². The van der Waals surface area contributed by atoms with Crippen LogP contribution in [0.4, 0.5) is 0 Å². The van der Waals surface area contributed by atoms with Crippen molar-refractivity contribution in [3.05, 3.63) is 0 Å². The number of hydrogen-bond donors (Lipinski definition) is 0. The topological polar surface area (TPSA) is 15.7 Å². The smallest absolute Gasteiger partial charge is 0.0530 e. The van der Waals surface area contributed by atoms with Gasteiger partial charge in [0.2, 0.25) is 0 Å². The molecule has 0 aromatic carbocycles. The van der Waals surface area contributed by atoms with Crippen LogP contribution in [-0.4, -0.2) is 63.3 Å². The molecule has 3 nitrogen and oxygen atoms in total. The van der Waals surface area contributed by atoms with Crippen molar-refractivity contribution in [3.8, 4) is 0 Å². The predicted molar refractivity (Wildman–Crippen MR) is 80.2 cm³/mol. The van der Waals surface area contributed by atoms with E-state index in [1.165, 1.54) is 45.6 Å². The normalized spacial score (nSPS) is 22.3. The summed E-state index contributed by atoms with van der Waals surface area (Å²) >= 11 is 0. The van der Waals surface area contributed by atoms with Gasteiger partial charge in [0.1, 0.15) is 0 Å². The van der Waals surface area contributed by atoms with Gasteiger partial charge in [0.15, 0.2) is 0 Å². The Morgan fingerprint density at radius 1 is 0.944 bits per heavy atom. The van der Waals surface area contributed by atoms with Gasteiger partial charge in [0, 0.05) is 45.2 Å². The summed E-state index contributed by atoms with van der Waals surface area (Å²) in [7, 11) is 4.03. The van der Waals surface area contributed by atoms with Gasteiger partial charge in [-0.05, 0) is 19.9 Å². The minimum Gasteiger partial charge on any atom is -0.384 e. The Kier molecular flexibility index (Phi) is 9.70. The first-order chi connectivity index (χ1) is 8.74. The Balaban J connectivity index is 0.000000659. The van der Waals surface area contributed by atoms with Crippen LogP contribution in [-0.2, 0) is 4.74 Å². The van der Waals surface area contributed by atoms with Crippen LogP contribution in [0.2, 0.25) is 0 Å². The van der Waals surface area contributed by atoms with Crippen LogP contribution < -0.4 is 0 Å². The summed E-state index contributed by atoms with van der Waals surface area (Å²) in [4.78, 5) is 5.01. The van der Waals surface area contributed by atoms with E-state index in [1.54, 1.807) is 0 Å². The SMILES string of the molecule is CC.CC.COCC1(CN2CCN(C)CC2)CC1.